The van der Waals surface area contributed by atoms with E-state index in [-0.39, 0.29) is 11.2 Å². The maximum atomic E-state index is 6.98. The van der Waals surface area contributed by atoms with Gasteiger partial charge in [0, 0.05) is 20.0 Å². The van der Waals surface area contributed by atoms with Crippen molar-refractivity contribution < 1.29 is 13.0 Å². The van der Waals surface area contributed by atoms with Crippen LogP contribution in [0.1, 0.15) is 27.7 Å². The molecule has 34 heavy (non-hydrogen) atoms. The molecule has 0 unspecified atom stereocenters. The minimum atomic E-state index is -1.75. The summed E-state index contributed by atoms with van der Waals surface area (Å²) in [5, 5.41) is 0. The third-order valence-electron chi connectivity index (χ3n) is 6.22. The molecule has 0 saturated heterocycles. The quantitative estimate of drug-likeness (QED) is 0.170. The van der Waals surface area contributed by atoms with Gasteiger partial charge in [0.2, 0.25) is 0 Å². The van der Waals surface area contributed by atoms with Gasteiger partial charge in [0.1, 0.15) is 0 Å². The van der Waals surface area contributed by atoms with E-state index in [1.165, 1.54) is 36.3 Å². The van der Waals surface area contributed by atoms with Gasteiger partial charge in [-0.15, -0.1) is 0 Å². The molecule has 0 atom stereocenters. The van der Waals surface area contributed by atoms with Gasteiger partial charge in [0.05, 0.1) is 8.07 Å². The van der Waals surface area contributed by atoms with E-state index < -0.39 is 50.1 Å². The van der Waals surface area contributed by atoms with Crippen LogP contribution in [0.2, 0.25) is 121 Å². The van der Waals surface area contributed by atoms with E-state index in [1.807, 2.05) is 0 Å². The van der Waals surface area contributed by atoms with Crippen molar-refractivity contribution in [2.24, 2.45) is 0 Å². The van der Waals surface area contributed by atoms with Crippen molar-refractivity contribution in [2.45, 2.75) is 160 Å². The van der Waals surface area contributed by atoms with Gasteiger partial charge in [-0.05, 0) is 117 Å². The van der Waals surface area contributed by atoms with Crippen molar-refractivity contribution in [1.82, 2.24) is 0 Å². The van der Waals surface area contributed by atoms with Crippen molar-refractivity contribution >= 4 is 50.1 Å². The highest BCUT2D eigenvalue weighted by atomic mass is 28.4. The van der Waals surface area contributed by atoms with Crippen LogP contribution in [0, 0.1) is 0 Å². The monoisotopic (exact) mass is 580 g/mol. The summed E-state index contributed by atoms with van der Waals surface area (Å²) in [5.74, 6) is 0. The van der Waals surface area contributed by atoms with E-state index in [0.717, 1.165) is 0 Å². The van der Waals surface area contributed by atoms with Crippen LogP contribution in [-0.4, -0.2) is 61.3 Å². The first-order valence-electron chi connectivity index (χ1n) is 13.8. The average molecular weight is 581 g/mol. The van der Waals surface area contributed by atoms with Crippen molar-refractivity contribution in [1.29, 1.82) is 0 Å². The second-order valence-electron chi connectivity index (χ2n) is 16.2. The van der Waals surface area contributed by atoms with Crippen LogP contribution in [0.4, 0.5) is 0 Å². The minimum absolute atomic E-state index is 0.0359. The van der Waals surface area contributed by atoms with Gasteiger partial charge < -0.3 is 13.0 Å². The maximum absolute atomic E-state index is 6.98. The molecule has 0 aromatic rings. The number of hydrogen-bond donors (Lipinski definition) is 0. The van der Waals surface area contributed by atoms with E-state index in [4.69, 9.17) is 13.0 Å². The minimum Gasteiger partial charge on any atom is -0.456 e. The lowest BCUT2D eigenvalue weighted by molar-refractivity contribution is 0.117. The molecule has 0 aliphatic heterocycles. The Morgan fingerprint density at radius 1 is 0.559 bits per heavy atom. The third kappa shape index (κ3) is 17.6. The van der Waals surface area contributed by atoms with E-state index in [1.54, 1.807) is 0 Å². The zero-order chi connectivity index (χ0) is 27.4. The Kier molecular flexibility index (Phi) is 12.8. The highest BCUT2D eigenvalue weighted by Crippen LogP contribution is 2.35. The van der Waals surface area contributed by atoms with Gasteiger partial charge in [-0.3, -0.25) is 0 Å². The van der Waals surface area contributed by atoms with Crippen LogP contribution in [-0.2, 0) is 13.0 Å². The molecule has 0 radical (unpaired) electrons. The Labute approximate surface area is 222 Å². The predicted molar refractivity (Wildman–Crippen MR) is 172 cm³/mol. The first kappa shape index (κ1) is 35.2. The number of hydrogen-bond acceptors (Lipinski definition) is 3. The molecule has 0 aromatic heterocycles. The van der Waals surface area contributed by atoms with Gasteiger partial charge in [-0.2, -0.15) is 0 Å². The molecule has 206 valence electrons. The van der Waals surface area contributed by atoms with Crippen LogP contribution in [0.25, 0.3) is 0 Å². The Hall–Kier alpha value is 1.18. The standard InChI is InChI=1S/C25H64O3Si6/c1-24(2,22-29(5)6)26-32(12,13)19-18-31(10,11)23-25(3,4)27-33(14,15)20-21-34(16,17)28-30(7,8)9/h29H,18-23H2,1-17H3. The van der Waals surface area contributed by atoms with E-state index in [0.29, 0.717) is 0 Å². The third-order valence-corrected chi connectivity index (χ3v) is 23.7. The maximum Gasteiger partial charge on any atom is 0.187 e. The van der Waals surface area contributed by atoms with Gasteiger partial charge in [0.15, 0.2) is 33.3 Å². The largest absolute Gasteiger partial charge is 0.456 e. The molecule has 0 saturated carbocycles. The smallest absolute Gasteiger partial charge is 0.187 e. The van der Waals surface area contributed by atoms with Crippen LogP contribution in [0.15, 0.2) is 0 Å². The summed E-state index contributed by atoms with van der Waals surface area (Å²) in [6.45, 7) is 40.8. The second kappa shape index (κ2) is 12.4. The molecular formula is C25H64O3Si6. The number of rotatable bonds is 16. The van der Waals surface area contributed by atoms with Crippen molar-refractivity contribution in [2.75, 3.05) is 0 Å². The summed E-state index contributed by atoms with van der Waals surface area (Å²) in [4.78, 5) is 0. The fourth-order valence-electron chi connectivity index (χ4n) is 6.02. The molecule has 3 nitrogen and oxygen atoms in total. The molecule has 0 rings (SSSR count). The fraction of sp³-hybridized carbons (Fsp3) is 1.00. The van der Waals surface area contributed by atoms with Gasteiger partial charge in [-0.25, -0.2) is 0 Å². The second-order valence-corrected chi connectivity index (χ2v) is 42.0. The summed E-state index contributed by atoms with van der Waals surface area (Å²) >= 11 is 0. The molecule has 0 spiro atoms. The molecule has 0 aromatic carbocycles. The van der Waals surface area contributed by atoms with E-state index >= 15 is 0 Å². The SMILES string of the molecule is C[SiH](C)CC(C)(C)O[Si](C)(C)CC[Si](C)(C)CC(C)(C)O[Si](C)(C)CC[Si](C)(C)O[Si](C)(C)C. The van der Waals surface area contributed by atoms with Crippen LogP contribution in [0.3, 0.4) is 0 Å². The van der Waals surface area contributed by atoms with Crippen molar-refractivity contribution in [3.8, 4) is 0 Å². The average Bonchev–Trinajstić information content (AvgIpc) is 2.44. The zero-order valence-corrected chi connectivity index (χ0v) is 32.7. The van der Waals surface area contributed by atoms with Crippen molar-refractivity contribution in [3.05, 3.63) is 0 Å². The summed E-state index contributed by atoms with van der Waals surface area (Å²) in [5.41, 5.74) is 0.0158. The fourth-order valence-corrected chi connectivity index (χ4v) is 31.3. The summed E-state index contributed by atoms with van der Waals surface area (Å²) < 4.78 is 20.4. The van der Waals surface area contributed by atoms with E-state index in [9.17, 15) is 0 Å². The van der Waals surface area contributed by atoms with Gasteiger partial charge in [0.25, 0.3) is 0 Å². The zero-order valence-electron chi connectivity index (χ0n) is 26.5. The highest BCUT2D eigenvalue weighted by molar-refractivity contribution is 6.85. The lowest BCUT2D eigenvalue weighted by atomic mass is 10.2. The Morgan fingerprint density at radius 2 is 0.941 bits per heavy atom. The lowest BCUT2D eigenvalue weighted by Crippen LogP contribution is -2.48. The van der Waals surface area contributed by atoms with Crippen molar-refractivity contribution in [3.63, 3.8) is 0 Å². The normalized spacial score (nSPS) is 15.4. The van der Waals surface area contributed by atoms with Crippen LogP contribution < -0.4 is 0 Å². The Balaban J connectivity index is 4.97. The molecule has 0 aliphatic carbocycles. The molecule has 0 N–H and O–H groups in total. The van der Waals surface area contributed by atoms with Gasteiger partial charge >= 0.3 is 0 Å². The first-order chi connectivity index (χ1) is 14.7. The first-order valence-corrected chi connectivity index (χ1v) is 33.1. The Bertz CT molecular complexity index is 623. The molecule has 9 heteroatoms. The summed E-state index contributed by atoms with van der Waals surface area (Å²) in [6.07, 6.45) is 0. The topological polar surface area (TPSA) is 27.7 Å². The molecule has 0 aliphatic rings. The molecule has 0 bridgehead atoms. The molecule has 0 fully saturated rings. The molecule has 0 heterocycles. The molecule has 0 amide bonds. The summed E-state index contributed by atoms with van der Waals surface area (Å²) in [7, 11) is -8.54. The summed E-state index contributed by atoms with van der Waals surface area (Å²) in [6, 6.07) is 7.56. The van der Waals surface area contributed by atoms with Crippen LogP contribution in [0.5, 0.6) is 0 Å². The lowest BCUT2D eigenvalue weighted by Gasteiger charge is -2.42. The van der Waals surface area contributed by atoms with Gasteiger partial charge in [-0.1, -0.05) is 32.2 Å². The van der Waals surface area contributed by atoms with Crippen LogP contribution >= 0.6 is 0 Å². The Morgan fingerprint density at radius 3 is 1.35 bits per heavy atom. The molecular weight excluding hydrogens is 517 g/mol. The highest BCUT2D eigenvalue weighted by Gasteiger charge is 2.40. The van der Waals surface area contributed by atoms with E-state index in [2.05, 4.69) is 113 Å². The predicted octanol–water partition coefficient (Wildman–Crippen LogP) is 9.24.